The van der Waals surface area contributed by atoms with Crippen LogP contribution >= 0.6 is 15.9 Å². The number of hydrogen-bond donors (Lipinski definition) is 3. The van der Waals surface area contributed by atoms with Gasteiger partial charge in [-0.1, -0.05) is 15.9 Å². The number of phenols is 1. The molecule has 1 aliphatic carbocycles. The molecule has 5 nitrogen and oxygen atoms in total. The number of rotatable bonds is 4. The van der Waals surface area contributed by atoms with Gasteiger partial charge in [-0.15, -0.1) is 0 Å². The topological polar surface area (TPSA) is 78.4 Å². The Labute approximate surface area is 102 Å². The Bertz CT molecular complexity index is 499. The molecule has 0 spiro atoms. The predicted octanol–water partition coefficient (Wildman–Crippen LogP) is 1.56. The molecule has 0 aliphatic heterocycles. The second-order valence-corrected chi connectivity index (χ2v) is 6.02. The molecule has 2 rings (SSSR count). The largest absolute Gasteiger partial charge is 0.506 e. The van der Waals surface area contributed by atoms with Crippen LogP contribution in [-0.4, -0.2) is 19.6 Å². The average molecular weight is 307 g/mol. The molecule has 3 N–H and O–H groups in total. The van der Waals surface area contributed by atoms with Gasteiger partial charge in [0.1, 0.15) is 5.75 Å². The van der Waals surface area contributed by atoms with Gasteiger partial charge in [-0.25, -0.2) is 0 Å². The van der Waals surface area contributed by atoms with Gasteiger partial charge >= 0.3 is 0 Å². The van der Waals surface area contributed by atoms with Crippen LogP contribution < -0.4 is 9.44 Å². The Morgan fingerprint density at radius 1 is 1.38 bits per heavy atom. The first-order valence-corrected chi connectivity index (χ1v) is 7.02. The molecule has 0 aromatic heterocycles. The molecule has 0 atom stereocenters. The van der Waals surface area contributed by atoms with Crippen LogP contribution in [0.4, 0.5) is 5.69 Å². The summed E-state index contributed by atoms with van der Waals surface area (Å²) in [7, 11) is -3.59. The van der Waals surface area contributed by atoms with Crippen LogP contribution in [0, 0.1) is 0 Å². The maximum absolute atomic E-state index is 11.6. The molecule has 1 fully saturated rings. The summed E-state index contributed by atoms with van der Waals surface area (Å²) >= 11 is 3.20. The van der Waals surface area contributed by atoms with Gasteiger partial charge in [0.05, 0.1) is 5.69 Å². The van der Waals surface area contributed by atoms with Crippen LogP contribution in [0.5, 0.6) is 5.75 Å². The van der Waals surface area contributed by atoms with Gasteiger partial charge < -0.3 is 5.11 Å². The average Bonchev–Trinajstić information content (AvgIpc) is 2.94. The van der Waals surface area contributed by atoms with E-state index >= 15 is 0 Å². The van der Waals surface area contributed by atoms with E-state index in [1.807, 2.05) is 0 Å². The van der Waals surface area contributed by atoms with Gasteiger partial charge in [0.2, 0.25) is 0 Å². The minimum Gasteiger partial charge on any atom is -0.506 e. The van der Waals surface area contributed by atoms with Gasteiger partial charge in [-0.2, -0.15) is 13.1 Å². The first-order chi connectivity index (χ1) is 7.46. The van der Waals surface area contributed by atoms with Gasteiger partial charge in [-0.3, -0.25) is 4.72 Å². The van der Waals surface area contributed by atoms with Crippen molar-refractivity contribution in [2.75, 3.05) is 4.72 Å². The molecular weight excluding hydrogens is 296 g/mol. The lowest BCUT2D eigenvalue weighted by Gasteiger charge is -2.10. The number of nitrogens with one attached hydrogen (secondary N) is 2. The van der Waals surface area contributed by atoms with Crippen LogP contribution in [-0.2, 0) is 10.2 Å². The van der Waals surface area contributed by atoms with Crippen LogP contribution in [0.25, 0.3) is 0 Å². The standard InChI is InChI=1S/C9H11BrN2O3S/c10-6-1-4-9(13)8(5-6)12-16(14,15)11-7-2-3-7/h1,4-5,7,11-13H,2-3H2. The van der Waals surface area contributed by atoms with E-state index in [-0.39, 0.29) is 17.5 Å². The highest BCUT2D eigenvalue weighted by molar-refractivity contribution is 9.10. The SMILES string of the molecule is O=S(=O)(Nc1cc(Br)ccc1O)NC1CC1. The van der Waals surface area contributed by atoms with Crippen molar-refractivity contribution in [3.63, 3.8) is 0 Å². The van der Waals surface area contributed by atoms with E-state index < -0.39 is 10.2 Å². The van der Waals surface area contributed by atoms with E-state index in [4.69, 9.17) is 0 Å². The Kier molecular flexibility index (Phi) is 3.09. The van der Waals surface area contributed by atoms with Gasteiger partial charge in [0.15, 0.2) is 0 Å². The highest BCUT2D eigenvalue weighted by atomic mass is 79.9. The summed E-state index contributed by atoms with van der Waals surface area (Å²) in [6.07, 6.45) is 1.73. The lowest BCUT2D eigenvalue weighted by atomic mass is 10.3. The summed E-state index contributed by atoms with van der Waals surface area (Å²) in [6.45, 7) is 0. The van der Waals surface area contributed by atoms with Crippen molar-refractivity contribution in [3.8, 4) is 5.75 Å². The maximum atomic E-state index is 11.6. The zero-order chi connectivity index (χ0) is 11.8. The Balaban J connectivity index is 2.15. The van der Waals surface area contributed by atoms with Crippen molar-refractivity contribution in [1.82, 2.24) is 4.72 Å². The minimum absolute atomic E-state index is 0.0341. The van der Waals surface area contributed by atoms with Gasteiger partial charge in [0, 0.05) is 10.5 Å². The van der Waals surface area contributed by atoms with Crippen LogP contribution in [0.15, 0.2) is 22.7 Å². The summed E-state index contributed by atoms with van der Waals surface area (Å²) in [6, 6.07) is 4.58. The number of halogens is 1. The zero-order valence-electron chi connectivity index (χ0n) is 8.27. The second-order valence-electron chi connectivity index (χ2n) is 3.66. The fraction of sp³-hybridized carbons (Fsp3) is 0.333. The Morgan fingerprint density at radius 2 is 2.06 bits per heavy atom. The van der Waals surface area contributed by atoms with Crippen LogP contribution in [0.2, 0.25) is 0 Å². The summed E-state index contributed by atoms with van der Waals surface area (Å²) in [5.41, 5.74) is 0.155. The van der Waals surface area contributed by atoms with Gasteiger partial charge in [-0.05, 0) is 31.0 Å². The smallest absolute Gasteiger partial charge is 0.299 e. The molecular formula is C9H11BrN2O3S. The lowest BCUT2D eigenvalue weighted by Crippen LogP contribution is -2.31. The molecule has 1 aliphatic rings. The van der Waals surface area contributed by atoms with E-state index in [1.54, 1.807) is 6.07 Å². The number of phenolic OH excluding ortho intramolecular Hbond substituents is 1. The minimum atomic E-state index is -3.59. The third-order valence-electron chi connectivity index (χ3n) is 2.10. The highest BCUT2D eigenvalue weighted by Crippen LogP contribution is 2.28. The van der Waals surface area contributed by atoms with Crippen molar-refractivity contribution < 1.29 is 13.5 Å². The fourth-order valence-corrected chi connectivity index (χ4v) is 2.73. The molecule has 0 bridgehead atoms. The zero-order valence-corrected chi connectivity index (χ0v) is 10.7. The molecule has 88 valence electrons. The molecule has 1 aromatic carbocycles. The van der Waals surface area contributed by atoms with Gasteiger partial charge in [0.25, 0.3) is 10.2 Å². The Hall–Kier alpha value is -0.790. The number of hydrogen-bond acceptors (Lipinski definition) is 3. The maximum Gasteiger partial charge on any atom is 0.299 e. The van der Waals surface area contributed by atoms with Crippen molar-refractivity contribution in [2.24, 2.45) is 0 Å². The molecule has 0 radical (unpaired) electrons. The van der Waals surface area contributed by atoms with Crippen molar-refractivity contribution in [1.29, 1.82) is 0 Å². The normalized spacial score (nSPS) is 16.1. The molecule has 1 aromatic rings. The molecule has 0 saturated heterocycles. The van der Waals surface area contributed by atoms with E-state index in [2.05, 4.69) is 25.4 Å². The van der Waals surface area contributed by atoms with Crippen molar-refractivity contribution >= 4 is 31.8 Å². The lowest BCUT2D eigenvalue weighted by molar-refractivity contribution is 0.477. The monoisotopic (exact) mass is 306 g/mol. The third-order valence-corrected chi connectivity index (χ3v) is 3.73. The van der Waals surface area contributed by atoms with E-state index in [9.17, 15) is 13.5 Å². The number of anilines is 1. The first-order valence-electron chi connectivity index (χ1n) is 4.75. The van der Waals surface area contributed by atoms with E-state index in [0.717, 1.165) is 12.8 Å². The van der Waals surface area contributed by atoms with Crippen molar-refractivity contribution in [3.05, 3.63) is 22.7 Å². The summed E-state index contributed by atoms with van der Waals surface area (Å²) in [4.78, 5) is 0. The van der Waals surface area contributed by atoms with Crippen LogP contribution in [0.1, 0.15) is 12.8 Å². The highest BCUT2D eigenvalue weighted by Gasteiger charge is 2.27. The molecule has 0 amide bonds. The summed E-state index contributed by atoms with van der Waals surface area (Å²) < 4.78 is 28.6. The fourth-order valence-electron chi connectivity index (χ4n) is 1.18. The molecule has 0 unspecified atom stereocenters. The first kappa shape index (κ1) is 11.7. The van der Waals surface area contributed by atoms with Crippen molar-refractivity contribution in [2.45, 2.75) is 18.9 Å². The number of aromatic hydroxyl groups is 1. The summed E-state index contributed by atoms with van der Waals surface area (Å²) in [5, 5.41) is 9.47. The second kappa shape index (κ2) is 4.23. The summed E-state index contributed by atoms with van der Waals surface area (Å²) in [5.74, 6) is -0.107. The predicted molar refractivity (Wildman–Crippen MR) is 64.5 cm³/mol. The molecule has 1 saturated carbocycles. The van der Waals surface area contributed by atoms with E-state index in [1.165, 1.54) is 12.1 Å². The molecule has 16 heavy (non-hydrogen) atoms. The molecule has 0 heterocycles. The van der Waals surface area contributed by atoms with E-state index in [0.29, 0.717) is 4.47 Å². The third kappa shape index (κ3) is 3.10. The quantitative estimate of drug-likeness (QED) is 0.739. The number of benzene rings is 1. The van der Waals surface area contributed by atoms with Crippen LogP contribution in [0.3, 0.4) is 0 Å². The molecule has 7 heteroatoms. The Morgan fingerprint density at radius 3 is 2.69 bits per heavy atom.